The number of hydrogen-bond acceptors (Lipinski definition) is 1. The van der Waals surface area contributed by atoms with E-state index in [2.05, 4.69) is 15.9 Å². The fourth-order valence-electron chi connectivity index (χ4n) is 0.809. The molecule has 1 rings (SSSR count). The summed E-state index contributed by atoms with van der Waals surface area (Å²) in [5.41, 5.74) is 1.83. The van der Waals surface area contributed by atoms with Crippen molar-refractivity contribution in [2.75, 3.05) is 0 Å². The summed E-state index contributed by atoms with van der Waals surface area (Å²) >= 11 is 9.16. The number of benzene rings is 1. The maximum absolute atomic E-state index is 8.85. The third kappa shape index (κ3) is 1.95. The summed E-state index contributed by atoms with van der Waals surface area (Å²) in [5, 5.41) is 9.54. The predicted molar refractivity (Wildman–Crippen MR) is 49.8 cm³/mol. The maximum Gasteiger partial charge on any atom is 0.0693 e. The smallest absolute Gasteiger partial charge is 0.0693 e. The Labute approximate surface area is 79.1 Å². The van der Waals surface area contributed by atoms with E-state index in [-0.39, 0.29) is 6.61 Å². The SMILES string of the molecule is Cc1cc(Br)c(CO)cc1Cl. The average Bonchev–Trinajstić information content (AvgIpc) is 1.97. The summed E-state index contributed by atoms with van der Waals surface area (Å²) in [4.78, 5) is 0. The van der Waals surface area contributed by atoms with Gasteiger partial charge in [-0.1, -0.05) is 27.5 Å². The molecule has 0 radical (unpaired) electrons. The van der Waals surface area contributed by atoms with E-state index in [9.17, 15) is 0 Å². The van der Waals surface area contributed by atoms with Gasteiger partial charge in [0.25, 0.3) is 0 Å². The lowest BCUT2D eigenvalue weighted by molar-refractivity contribution is 0.281. The monoisotopic (exact) mass is 234 g/mol. The Kier molecular flexibility index (Phi) is 2.93. The predicted octanol–water partition coefficient (Wildman–Crippen LogP) is 2.90. The second-order valence-electron chi connectivity index (χ2n) is 2.35. The summed E-state index contributed by atoms with van der Waals surface area (Å²) in [6.07, 6.45) is 0. The first-order valence-corrected chi connectivity index (χ1v) is 4.37. The average molecular weight is 236 g/mol. The summed E-state index contributed by atoms with van der Waals surface area (Å²) in [5.74, 6) is 0. The molecule has 0 amide bonds. The highest BCUT2D eigenvalue weighted by Crippen LogP contribution is 2.24. The van der Waals surface area contributed by atoms with E-state index in [1.807, 2.05) is 13.0 Å². The lowest BCUT2D eigenvalue weighted by Crippen LogP contribution is -1.86. The molecule has 60 valence electrons. The number of halogens is 2. The first kappa shape index (κ1) is 9.04. The molecule has 0 unspecified atom stereocenters. The van der Waals surface area contributed by atoms with Crippen molar-refractivity contribution in [3.8, 4) is 0 Å². The van der Waals surface area contributed by atoms with Crippen LogP contribution in [0.25, 0.3) is 0 Å². The molecule has 0 bridgehead atoms. The molecule has 0 saturated heterocycles. The molecule has 0 spiro atoms. The van der Waals surface area contributed by atoms with E-state index in [1.165, 1.54) is 0 Å². The number of aryl methyl sites for hydroxylation is 1. The van der Waals surface area contributed by atoms with Gasteiger partial charge in [-0.15, -0.1) is 0 Å². The van der Waals surface area contributed by atoms with Gasteiger partial charge in [0.1, 0.15) is 0 Å². The molecule has 11 heavy (non-hydrogen) atoms. The third-order valence-electron chi connectivity index (χ3n) is 1.50. The van der Waals surface area contributed by atoms with Crippen LogP contribution in [0.2, 0.25) is 5.02 Å². The summed E-state index contributed by atoms with van der Waals surface area (Å²) < 4.78 is 0.905. The first-order valence-electron chi connectivity index (χ1n) is 3.20. The van der Waals surface area contributed by atoms with Crippen LogP contribution < -0.4 is 0 Å². The highest BCUT2D eigenvalue weighted by molar-refractivity contribution is 9.10. The van der Waals surface area contributed by atoms with Gasteiger partial charge in [-0.3, -0.25) is 0 Å². The Morgan fingerprint density at radius 3 is 2.73 bits per heavy atom. The van der Waals surface area contributed by atoms with Crippen molar-refractivity contribution in [1.29, 1.82) is 0 Å². The van der Waals surface area contributed by atoms with Crippen LogP contribution in [0.4, 0.5) is 0 Å². The Morgan fingerprint density at radius 1 is 1.55 bits per heavy atom. The standard InChI is InChI=1S/C8H8BrClO/c1-5-2-7(9)6(4-11)3-8(5)10/h2-3,11H,4H2,1H3. The zero-order chi connectivity index (χ0) is 8.43. The molecule has 0 saturated carbocycles. The minimum absolute atomic E-state index is 0.0145. The molecule has 0 heterocycles. The first-order chi connectivity index (χ1) is 5.15. The minimum Gasteiger partial charge on any atom is -0.392 e. The van der Waals surface area contributed by atoms with Crippen molar-refractivity contribution < 1.29 is 5.11 Å². The molecule has 0 aromatic heterocycles. The lowest BCUT2D eigenvalue weighted by atomic mass is 10.2. The van der Waals surface area contributed by atoms with Crippen LogP contribution in [-0.4, -0.2) is 5.11 Å². The maximum atomic E-state index is 8.85. The Balaban J connectivity index is 3.21. The highest BCUT2D eigenvalue weighted by atomic mass is 79.9. The largest absolute Gasteiger partial charge is 0.392 e. The molecule has 1 N–H and O–H groups in total. The van der Waals surface area contributed by atoms with Crippen LogP contribution in [0.1, 0.15) is 11.1 Å². The molecule has 0 aliphatic carbocycles. The van der Waals surface area contributed by atoms with E-state index in [0.717, 1.165) is 15.6 Å². The number of hydrogen-bond donors (Lipinski definition) is 1. The Hall–Kier alpha value is -0.0500. The van der Waals surface area contributed by atoms with Gasteiger partial charge in [-0.05, 0) is 30.2 Å². The van der Waals surface area contributed by atoms with E-state index >= 15 is 0 Å². The second kappa shape index (κ2) is 3.57. The van der Waals surface area contributed by atoms with Crippen LogP contribution in [0, 0.1) is 6.92 Å². The van der Waals surface area contributed by atoms with Gasteiger partial charge >= 0.3 is 0 Å². The summed E-state index contributed by atoms with van der Waals surface area (Å²) in [6.45, 7) is 1.94. The molecule has 1 aromatic rings. The van der Waals surface area contributed by atoms with Gasteiger partial charge in [-0.2, -0.15) is 0 Å². The van der Waals surface area contributed by atoms with Gasteiger partial charge in [0.15, 0.2) is 0 Å². The van der Waals surface area contributed by atoms with Crippen molar-refractivity contribution in [3.63, 3.8) is 0 Å². The normalized spacial score (nSPS) is 10.2. The van der Waals surface area contributed by atoms with Gasteiger partial charge in [0.2, 0.25) is 0 Å². The minimum atomic E-state index is 0.0145. The number of rotatable bonds is 1. The zero-order valence-electron chi connectivity index (χ0n) is 6.06. The van der Waals surface area contributed by atoms with E-state index in [1.54, 1.807) is 6.07 Å². The van der Waals surface area contributed by atoms with Crippen LogP contribution in [0.15, 0.2) is 16.6 Å². The van der Waals surface area contributed by atoms with Crippen LogP contribution in [-0.2, 0) is 6.61 Å². The van der Waals surface area contributed by atoms with Crippen LogP contribution >= 0.6 is 27.5 Å². The van der Waals surface area contributed by atoms with Crippen LogP contribution in [0.3, 0.4) is 0 Å². The van der Waals surface area contributed by atoms with E-state index in [4.69, 9.17) is 16.7 Å². The number of aliphatic hydroxyl groups excluding tert-OH is 1. The zero-order valence-corrected chi connectivity index (χ0v) is 8.41. The third-order valence-corrected chi connectivity index (χ3v) is 2.64. The second-order valence-corrected chi connectivity index (χ2v) is 3.61. The Morgan fingerprint density at radius 2 is 2.18 bits per heavy atom. The van der Waals surface area contributed by atoms with Gasteiger partial charge < -0.3 is 5.11 Å². The topological polar surface area (TPSA) is 20.2 Å². The van der Waals surface area contributed by atoms with Crippen molar-refractivity contribution in [1.82, 2.24) is 0 Å². The highest BCUT2D eigenvalue weighted by Gasteiger charge is 2.01. The molecule has 0 atom stereocenters. The fraction of sp³-hybridized carbons (Fsp3) is 0.250. The van der Waals surface area contributed by atoms with E-state index < -0.39 is 0 Å². The van der Waals surface area contributed by atoms with Crippen molar-refractivity contribution in [2.24, 2.45) is 0 Å². The molecule has 1 aromatic carbocycles. The molecule has 1 nitrogen and oxygen atoms in total. The van der Waals surface area contributed by atoms with Gasteiger partial charge in [0, 0.05) is 9.50 Å². The molecule has 0 aliphatic heterocycles. The van der Waals surface area contributed by atoms with Crippen molar-refractivity contribution in [2.45, 2.75) is 13.5 Å². The lowest BCUT2D eigenvalue weighted by Gasteiger charge is -2.03. The van der Waals surface area contributed by atoms with Crippen LogP contribution in [0.5, 0.6) is 0 Å². The molecule has 3 heteroatoms. The van der Waals surface area contributed by atoms with Gasteiger partial charge in [-0.25, -0.2) is 0 Å². The van der Waals surface area contributed by atoms with Crippen molar-refractivity contribution in [3.05, 3.63) is 32.8 Å². The Bertz CT molecular complexity index is 273. The van der Waals surface area contributed by atoms with Crippen molar-refractivity contribution >= 4 is 27.5 Å². The molecule has 0 fully saturated rings. The van der Waals surface area contributed by atoms with E-state index in [0.29, 0.717) is 5.02 Å². The number of aliphatic hydroxyl groups is 1. The van der Waals surface area contributed by atoms with Gasteiger partial charge in [0.05, 0.1) is 6.61 Å². The quantitative estimate of drug-likeness (QED) is 0.793. The summed E-state index contributed by atoms with van der Waals surface area (Å²) in [6, 6.07) is 3.66. The fourth-order valence-corrected chi connectivity index (χ4v) is 1.58. The molecular formula is C8H8BrClO. The molecule has 0 aliphatic rings. The summed E-state index contributed by atoms with van der Waals surface area (Å²) in [7, 11) is 0. The molecular weight excluding hydrogens is 227 g/mol.